The van der Waals surface area contributed by atoms with Crippen molar-refractivity contribution in [3.63, 3.8) is 0 Å². The Labute approximate surface area is 208 Å². The van der Waals surface area contributed by atoms with E-state index in [2.05, 4.69) is 37.2 Å². The third-order valence-electron chi connectivity index (χ3n) is 6.01. The molecule has 0 fully saturated rings. The molecular weight excluding hydrogens is 460 g/mol. The predicted octanol–water partition coefficient (Wildman–Crippen LogP) is 1.08. The Hall–Kier alpha value is -4.51. The minimum atomic E-state index is -0.409. The van der Waals surface area contributed by atoms with Crippen molar-refractivity contribution >= 4 is 17.6 Å². The summed E-state index contributed by atoms with van der Waals surface area (Å²) in [5.74, 6) is 11.4. The zero-order valence-corrected chi connectivity index (χ0v) is 19.8. The average molecular weight is 489 g/mol. The molecule has 36 heavy (non-hydrogen) atoms. The topological polar surface area (TPSA) is 170 Å². The molecule has 0 radical (unpaired) electrons. The van der Waals surface area contributed by atoms with Gasteiger partial charge in [0.1, 0.15) is 23.5 Å². The molecule has 2 aromatic rings. The highest BCUT2D eigenvalue weighted by atomic mass is 16.5. The fraction of sp³-hybridized carbons (Fsp3) is 0.240. The number of hydrazone groups is 1. The Morgan fingerprint density at radius 1 is 1.11 bits per heavy atom. The Morgan fingerprint density at radius 3 is 2.67 bits per heavy atom. The van der Waals surface area contributed by atoms with E-state index in [0.29, 0.717) is 11.6 Å². The molecule has 0 saturated carbocycles. The second-order valence-electron chi connectivity index (χ2n) is 8.33. The van der Waals surface area contributed by atoms with Gasteiger partial charge in [-0.05, 0) is 42.0 Å². The van der Waals surface area contributed by atoms with Crippen molar-refractivity contribution in [3.8, 4) is 5.75 Å². The van der Waals surface area contributed by atoms with Crippen LogP contribution in [-0.2, 0) is 6.54 Å². The molecule has 0 saturated heterocycles. The number of aromatic nitrogens is 2. The van der Waals surface area contributed by atoms with Gasteiger partial charge in [0.2, 0.25) is 0 Å². The van der Waals surface area contributed by atoms with Gasteiger partial charge in [-0.15, -0.1) is 0 Å². The lowest BCUT2D eigenvalue weighted by molar-refractivity contribution is 0.0934. The van der Waals surface area contributed by atoms with Crippen molar-refractivity contribution in [3.05, 3.63) is 89.1 Å². The summed E-state index contributed by atoms with van der Waals surface area (Å²) in [6, 6.07) is 8.56. The molecule has 2 unspecified atom stereocenters. The first kappa shape index (κ1) is 24.6. The van der Waals surface area contributed by atoms with E-state index >= 15 is 0 Å². The molecular formula is C25H28N8O3. The summed E-state index contributed by atoms with van der Waals surface area (Å²) in [5.41, 5.74) is 5.33. The zero-order chi connectivity index (χ0) is 25.5. The second kappa shape index (κ2) is 11.3. The van der Waals surface area contributed by atoms with Crippen LogP contribution in [0.25, 0.3) is 0 Å². The lowest BCUT2D eigenvalue weighted by Gasteiger charge is -2.26. The van der Waals surface area contributed by atoms with Crippen molar-refractivity contribution in [2.75, 3.05) is 7.11 Å². The van der Waals surface area contributed by atoms with E-state index in [-0.39, 0.29) is 35.8 Å². The SMILES string of the molecule is COc1cccc(CNC(=O)c2cc(C(=O)NC3CCC4C=C(/C(=N/N)NN)C=CC3=C4)ncn2)c1. The highest BCUT2D eigenvalue weighted by Crippen LogP contribution is 2.29. The van der Waals surface area contributed by atoms with Crippen molar-refractivity contribution in [2.45, 2.75) is 25.4 Å². The van der Waals surface area contributed by atoms with Gasteiger partial charge in [-0.1, -0.05) is 36.4 Å². The number of hydrogen-bond donors (Lipinski definition) is 5. The van der Waals surface area contributed by atoms with Gasteiger partial charge in [0.25, 0.3) is 11.8 Å². The highest BCUT2D eigenvalue weighted by molar-refractivity contribution is 6.00. The Kier molecular flexibility index (Phi) is 7.71. The maximum Gasteiger partial charge on any atom is 0.270 e. The van der Waals surface area contributed by atoms with Crippen LogP contribution in [0.3, 0.4) is 0 Å². The molecule has 2 bridgehead atoms. The van der Waals surface area contributed by atoms with Gasteiger partial charge in [0.15, 0.2) is 5.84 Å². The van der Waals surface area contributed by atoms with Crippen LogP contribution in [0, 0.1) is 5.92 Å². The van der Waals surface area contributed by atoms with Gasteiger partial charge in [-0.3, -0.25) is 9.59 Å². The number of nitrogens with one attached hydrogen (secondary N) is 3. The molecule has 11 heteroatoms. The van der Waals surface area contributed by atoms with E-state index in [1.54, 1.807) is 7.11 Å². The number of nitrogens with zero attached hydrogens (tertiary/aromatic N) is 3. The van der Waals surface area contributed by atoms with Crippen molar-refractivity contribution in [1.29, 1.82) is 0 Å². The number of hydrazine groups is 1. The third-order valence-corrected chi connectivity index (χ3v) is 6.01. The fourth-order valence-corrected chi connectivity index (χ4v) is 4.15. The minimum Gasteiger partial charge on any atom is -0.497 e. The van der Waals surface area contributed by atoms with Crippen LogP contribution in [0.5, 0.6) is 5.75 Å². The van der Waals surface area contributed by atoms with Crippen molar-refractivity contribution < 1.29 is 14.3 Å². The van der Waals surface area contributed by atoms with Gasteiger partial charge in [-0.2, -0.15) is 5.10 Å². The maximum atomic E-state index is 13.0. The van der Waals surface area contributed by atoms with E-state index in [4.69, 9.17) is 16.4 Å². The number of amides is 2. The molecule has 1 heterocycles. The summed E-state index contributed by atoms with van der Waals surface area (Å²) in [6.07, 6.45) is 10.7. The van der Waals surface area contributed by atoms with Crippen LogP contribution < -0.4 is 32.5 Å². The van der Waals surface area contributed by atoms with Gasteiger partial charge < -0.3 is 26.6 Å². The Balaban J connectivity index is 1.40. The summed E-state index contributed by atoms with van der Waals surface area (Å²) in [5, 5.41) is 9.48. The quantitative estimate of drug-likeness (QED) is 0.167. The highest BCUT2D eigenvalue weighted by Gasteiger charge is 2.25. The first-order chi connectivity index (χ1) is 17.5. The molecule has 0 aliphatic heterocycles. The Morgan fingerprint density at radius 2 is 1.92 bits per heavy atom. The zero-order valence-electron chi connectivity index (χ0n) is 19.8. The van der Waals surface area contributed by atoms with Crippen LogP contribution in [0.4, 0.5) is 0 Å². The molecule has 1 aromatic carbocycles. The maximum absolute atomic E-state index is 13.0. The van der Waals surface area contributed by atoms with E-state index in [9.17, 15) is 9.59 Å². The number of ether oxygens (including phenoxy) is 1. The number of nitrogens with two attached hydrogens (primary N) is 2. The molecule has 1 aromatic heterocycles. The van der Waals surface area contributed by atoms with E-state index in [0.717, 1.165) is 29.6 Å². The van der Waals surface area contributed by atoms with Crippen LogP contribution in [0.2, 0.25) is 0 Å². The van der Waals surface area contributed by atoms with Gasteiger partial charge >= 0.3 is 0 Å². The first-order valence-electron chi connectivity index (χ1n) is 11.4. The summed E-state index contributed by atoms with van der Waals surface area (Å²) in [7, 11) is 1.58. The molecule has 11 nitrogen and oxygen atoms in total. The first-order valence-corrected chi connectivity index (χ1v) is 11.4. The van der Waals surface area contributed by atoms with E-state index in [1.807, 2.05) is 42.5 Å². The summed E-state index contributed by atoms with van der Waals surface area (Å²) >= 11 is 0. The molecule has 7 N–H and O–H groups in total. The lowest BCUT2D eigenvalue weighted by atomic mass is 9.87. The van der Waals surface area contributed by atoms with E-state index in [1.165, 1.54) is 12.4 Å². The standard InChI is InChI=1S/C25H28N8O3/c1-36-19-4-2-3-16(11-19)13-28-24(34)21-12-22(30-14-29-21)25(35)31-20-8-5-15-9-17(20)6-7-18(10-15)23(32-26)33-27/h2-4,6-7,9-12,14-15,20H,5,8,13,26-27H2,1H3,(H,28,34)(H,31,35)(H,32,33). The summed E-state index contributed by atoms with van der Waals surface area (Å²) in [4.78, 5) is 33.7. The van der Waals surface area contributed by atoms with Gasteiger partial charge in [0, 0.05) is 18.2 Å². The fourth-order valence-electron chi connectivity index (χ4n) is 4.15. The molecule has 2 aliphatic carbocycles. The molecule has 0 spiro atoms. The number of allylic oxidation sites excluding steroid dienone is 2. The third kappa shape index (κ3) is 5.76. The molecule has 186 valence electrons. The lowest BCUT2D eigenvalue weighted by Crippen LogP contribution is -2.38. The Bertz CT molecular complexity index is 1270. The number of hydrogen-bond acceptors (Lipinski definition) is 8. The van der Waals surface area contributed by atoms with Crippen LogP contribution in [0.1, 0.15) is 39.4 Å². The molecule has 2 atom stereocenters. The van der Waals surface area contributed by atoms with E-state index < -0.39 is 5.91 Å². The average Bonchev–Trinajstić information content (AvgIpc) is 3.09. The molecule has 4 rings (SSSR count). The monoisotopic (exact) mass is 488 g/mol. The number of carbonyl (C=O) groups excluding carboxylic acids is 2. The number of amidine groups is 1. The second-order valence-corrected chi connectivity index (χ2v) is 8.33. The minimum absolute atomic E-state index is 0.104. The predicted molar refractivity (Wildman–Crippen MR) is 134 cm³/mol. The number of carbonyl (C=O) groups is 2. The molecule has 2 amide bonds. The number of methoxy groups -OCH3 is 1. The normalized spacial score (nSPS) is 18.9. The number of rotatable bonds is 7. The van der Waals surface area contributed by atoms with Crippen LogP contribution >= 0.6 is 0 Å². The smallest absolute Gasteiger partial charge is 0.270 e. The summed E-state index contributed by atoms with van der Waals surface area (Å²) in [6.45, 7) is 0.289. The van der Waals surface area contributed by atoms with Crippen LogP contribution in [-0.4, -0.2) is 40.8 Å². The van der Waals surface area contributed by atoms with Gasteiger partial charge in [-0.25, -0.2) is 15.8 Å². The summed E-state index contributed by atoms with van der Waals surface area (Å²) < 4.78 is 5.20. The largest absolute Gasteiger partial charge is 0.497 e. The number of benzene rings is 1. The molecule has 2 aliphatic rings. The van der Waals surface area contributed by atoms with Crippen molar-refractivity contribution in [2.24, 2.45) is 22.7 Å². The van der Waals surface area contributed by atoms with Crippen LogP contribution in [0.15, 0.2) is 77.2 Å². The van der Waals surface area contributed by atoms with Crippen molar-refractivity contribution in [1.82, 2.24) is 26.0 Å². The number of fused-ring (bicyclic) bond motifs is 1. The van der Waals surface area contributed by atoms with Gasteiger partial charge in [0.05, 0.1) is 13.2 Å².